The van der Waals surface area contributed by atoms with Crippen molar-refractivity contribution in [3.05, 3.63) is 10.2 Å². The zero-order chi connectivity index (χ0) is 13.9. The number of allylic oxidation sites excluding steroid dienone is 1. The first-order valence-electron chi connectivity index (χ1n) is 7.91. The molecule has 0 spiro atoms. The van der Waals surface area contributed by atoms with Crippen molar-refractivity contribution >= 4 is 41.0 Å². The van der Waals surface area contributed by atoms with Gasteiger partial charge in [0.15, 0.2) is 0 Å². The number of hydrogen-bond acceptors (Lipinski definition) is 0. The van der Waals surface area contributed by atoms with Crippen LogP contribution in [0.15, 0.2) is 10.2 Å². The summed E-state index contributed by atoms with van der Waals surface area (Å²) in [7, 11) is 0. The SMILES string of the molecule is C=[C](CCI)[Sn]([CH2]CCC)([CH2]CCC)[CH2]CCC. The van der Waals surface area contributed by atoms with Gasteiger partial charge in [0.05, 0.1) is 0 Å². The maximum atomic E-state index is 4.56. The van der Waals surface area contributed by atoms with Crippen LogP contribution in [0.4, 0.5) is 0 Å². The predicted octanol–water partition coefficient (Wildman–Crippen LogP) is 6.76. The van der Waals surface area contributed by atoms with Gasteiger partial charge in [-0.3, -0.25) is 0 Å². The molecule has 0 bridgehead atoms. The summed E-state index contributed by atoms with van der Waals surface area (Å²) in [5, 5.41) is 0. The molecule has 0 aromatic rings. The summed E-state index contributed by atoms with van der Waals surface area (Å²) in [5.41, 5.74) is 0. The second-order valence-corrected chi connectivity index (χ2v) is 20.3. The Balaban J connectivity index is 4.78. The fraction of sp³-hybridized carbons (Fsp3) is 0.875. The van der Waals surface area contributed by atoms with Gasteiger partial charge in [-0.15, -0.1) is 0 Å². The Hall–Kier alpha value is 1.27. The molecule has 0 aromatic heterocycles. The first-order chi connectivity index (χ1) is 8.66. The van der Waals surface area contributed by atoms with Crippen LogP contribution in [0.25, 0.3) is 0 Å². The third-order valence-electron chi connectivity index (χ3n) is 4.17. The van der Waals surface area contributed by atoms with Crippen LogP contribution >= 0.6 is 22.6 Å². The fourth-order valence-electron chi connectivity index (χ4n) is 2.83. The minimum absolute atomic E-state index is 1.28. The van der Waals surface area contributed by atoms with E-state index < -0.39 is 18.4 Å². The van der Waals surface area contributed by atoms with E-state index in [1.54, 1.807) is 16.9 Å². The van der Waals surface area contributed by atoms with Gasteiger partial charge in [0.2, 0.25) is 0 Å². The predicted molar refractivity (Wildman–Crippen MR) is 97.5 cm³/mol. The van der Waals surface area contributed by atoms with E-state index in [1.165, 1.54) is 49.4 Å². The minimum atomic E-state index is -2.03. The quantitative estimate of drug-likeness (QED) is 0.168. The van der Waals surface area contributed by atoms with Crippen LogP contribution in [-0.2, 0) is 0 Å². The van der Waals surface area contributed by atoms with Crippen molar-refractivity contribution in [2.75, 3.05) is 4.43 Å². The summed E-state index contributed by atoms with van der Waals surface area (Å²) in [5.74, 6) is 0. The molecule has 0 amide bonds. The molecule has 0 nitrogen and oxygen atoms in total. The summed E-state index contributed by atoms with van der Waals surface area (Å²) >= 11 is 0.503. The Morgan fingerprint density at radius 2 is 1.28 bits per heavy atom. The molecule has 0 N–H and O–H groups in total. The van der Waals surface area contributed by atoms with E-state index in [9.17, 15) is 0 Å². The van der Waals surface area contributed by atoms with Gasteiger partial charge in [-0.25, -0.2) is 0 Å². The molecular formula is C16H33ISn. The molecule has 108 valence electrons. The molecule has 0 aliphatic carbocycles. The van der Waals surface area contributed by atoms with Gasteiger partial charge in [-0.1, -0.05) is 0 Å². The Morgan fingerprint density at radius 1 is 0.889 bits per heavy atom. The zero-order valence-electron chi connectivity index (χ0n) is 12.9. The molecule has 18 heavy (non-hydrogen) atoms. The average molecular weight is 471 g/mol. The third kappa shape index (κ3) is 7.16. The molecule has 0 saturated heterocycles. The van der Waals surface area contributed by atoms with Crippen LogP contribution in [0.2, 0.25) is 13.3 Å². The molecule has 0 radical (unpaired) electrons. The molecule has 0 rings (SSSR count). The van der Waals surface area contributed by atoms with Gasteiger partial charge < -0.3 is 0 Å². The zero-order valence-corrected chi connectivity index (χ0v) is 17.9. The molecule has 2 heteroatoms. The molecule has 0 unspecified atom stereocenters. The molecule has 0 aliphatic heterocycles. The van der Waals surface area contributed by atoms with Gasteiger partial charge in [0.25, 0.3) is 0 Å². The van der Waals surface area contributed by atoms with E-state index >= 15 is 0 Å². The second-order valence-electron chi connectivity index (χ2n) is 5.63. The maximum absolute atomic E-state index is 4.56. The first-order valence-corrected chi connectivity index (χ1v) is 16.9. The summed E-state index contributed by atoms with van der Waals surface area (Å²) in [6.45, 7) is 11.6. The van der Waals surface area contributed by atoms with Crippen LogP contribution < -0.4 is 0 Å². The van der Waals surface area contributed by atoms with Crippen LogP contribution in [0.3, 0.4) is 0 Å². The molecule has 0 aromatic carbocycles. The Kier molecular flexibility index (Phi) is 12.9. The van der Waals surface area contributed by atoms with E-state index in [0.29, 0.717) is 0 Å². The topological polar surface area (TPSA) is 0 Å². The molecule has 0 atom stereocenters. The summed E-state index contributed by atoms with van der Waals surface area (Å²) in [6.07, 6.45) is 9.81. The van der Waals surface area contributed by atoms with E-state index in [-0.39, 0.29) is 0 Å². The molecular weight excluding hydrogens is 438 g/mol. The van der Waals surface area contributed by atoms with Crippen LogP contribution in [0, 0.1) is 0 Å². The molecule has 0 heterocycles. The normalized spacial score (nSPS) is 11.8. The third-order valence-corrected chi connectivity index (χ3v) is 20.9. The number of unbranched alkanes of at least 4 members (excludes halogenated alkanes) is 3. The van der Waals surface area contributed by atoms with Crippen molar-refractivity contribution in [2.45, 2.75) is 79.0 Å². The average Bonchev–Trinajstić information content (AvgIpc) is 2.38. The van der Waals surface area contributed by atoms with Gasteiger partial charge in [0, 0.05) is 0 Å². The van der Waals surface area contributed by atoms with Crippen molar-refractivity contribution in [1.82, 2.24) is 0 Å². The first kappa shape index (κ1) is 19.3. The second kappa shape index (κ2) is 12.0. The molecule has 0 fully saturated rings. The standard InChI is InChI=1S/C4H6I.3C4H9.Sn/c1-2-3-4-5;3*1-3-4-2;/h1,3-4H2;3*1,3-4H2,2H3;. The Morgan fingerprint density at radius 3 is 1.56 bits per heavy atom. The van der Waals surface area contributed by atoms with E-state index in [0.717, 1.165) is 0 Å². The van der Waals surface area contributed by atoms with Crippen LogP contribution in [0.5, 0.6) is 0 Å². The van der Waals surface area contributed by atoms with Crippen molar-refractivity contribution in [1.29, 1.82) is 0 Å². The number of hydrogen-bond donors (Lipinski definition) is 0. The molecule has 0 saturated carbocycles. The summed E-state index contributed by atoms with van der Waals surface area (Å²) in [6, 6.07) is 0. The van der Waals surface area contributed by atoms with Crippen molar-refractivity contribution in [3.8, 4) is 0 Å². The number of halogens is 1. The summed E-state index contributed by atoms with van der Waals surface area (Å²) < 4.78 is 7.79. The van der Waals surface area contributed by atoms with Gasteiger partial charge in [0.1, 0.15) is 0 Å². The van der Waals surface area contributed by atoms with Crippen LogP contribution in [0.1, 0.15) is 65.7 Å². The van der Waals surface area contributed by atoms with Gasteiger partial charge in [-0.05, 0) is 0 Å². The number of alkyl halides is 1. The van der Waals surface area contributed by atoms with E-state index in [4.69, 9.17) is 0 Å². The van der Waals surface area contributed by atoms with E-state index in [2.05, 4.69) is 49.9 Å². The van der Waals surface area contributed by atoms with Crippen molar-refractivity contribution < 1.29 is 0 Å². The Labute approximate surface area is 133 Å². The number of rotatable bonds is 12. The molecule has 0 aliphatic rings. The fourth-order valence-corrected chi connectivity index (χ4v) is 20.8. The van der Waals surface area contributed by atoms with Gasteiger partial charge >= 0.3 is 135 Å². The van der Waals surface area contributed by atoms with Crippen molar-refractivity contribution in [2.24, 2.45) is 0 Å². The van der Waals surface area contributed by atoms with E-state index in [1.807, 2.05) is 0 Å². The Bertz CT molecular complexity index is 191. The van der Waals surface area contributed by atoms with Crippen molar-refractivity contribution in [3.63, 3.8) is 0 Å². The monoisotopic (exact) mass is 472 g/mol. The van der Waals surface area contributed by atoms with Gasteiger partial charge in [-0.2, -0.15) is 0 Å². The summed E-state index contributed by atoms with van der Waals surface area (Å²) in [4.78, 5) is 0. The van der Waals surface area contributed by atoms with Crippen LogP contribution in [-0.4, -0.2) is 22.8 Å².